The van der Waals surface area contributed by atoms with Crippen molar-refractivity contribution in [1.82, 2.24) is 0 Å². The third-order valence-corrected chi connectivity index (χ3v) is 2.40. The van der Waals surface area contributed by atoms with Crippen molar-refractivity contribution < 1.29 is 14.6 Å². The fraction of sp³-hybridized carbons (Fsp3) is 0.417. The number of benzene rings is 1. The highest BCUT2D eigenvalue weighted by Crippen LogP contribution is 2.23. The zero-order valence-corrected chi connectivity index (χ0v) is 10.3. The quantitative estimate of drug-likeness (QED) is 0.601. The molecule has 1 aromatic rings. The molecule has 0 aliphatic rings. The standard InChI is InChI=1S/C12H18N2O3/c1-8(15)7-14(2)11-5-4-9(6-10(11)13)12(16)17-3/h4-6,8,15H,7,13H2,1-3H3. The summed E-state index contributed by atoms with van der Waals surface area (Å²) < 4.78 is 4.61. The number of hydrogen-bond donors (Lipinski definition) is 2. The van der Waals surface area contributed by atoms with Gasteiger partial charge in [-0.3, -0.25) is 0 Å². The van der Waals surface area contributed by atoms with E-state index < -0.39 is 12.1 Å². The molecular formula is C12H18N2O3. The summed E-state index contributed by atoms with van der Waals surface area (Å²) in [7, 11) is 3.15. The molecule has 0 saturated carbocycles. The lowest BCUT2D eigenvalue weighted by atomic mass is 10.1. The van der Waals surface area contributed by atoms with Crippen molar-refractivity contribution in [2.45, 2.75) is 13.0 Å². The van der Waals surface area contributed by atoms with Gasteiger partial charge in [-0.15, -0.1) is 0 Å². The number of esters is 1. The summed E-state index contributed by atoms with van der Waals surface area (Å²) in [5.74, 6) is -0.415. The van der Waals surface area contributed by atoms with Gasteiger partial charge in [0.2, 0.25) is 0 Å². The molecule has 3 N–H and O–H groups in total. The number of aliphatic hydroxyl groups is 1. The number of methoxy groups -OCH3 is 1. The van der Waals surface area contributed by atoms with Crippen LogP contribution in [0.25, 0.3) is 0 Å². The van der Waals surface area contributed by atoms with E-state index in [-0.39, 0.29) is 0 Å². The molecule has 1 unspecified atom stereocenters. The molecule has 1 rings (SSSR count). The van der Waals surface area contributed by atoms with Crippen LogP contribution in [0.5, 0.6) is 0 Å². The minimum Gasteiger partial charge on any atom is -0.465 e. The SMILES string of the molecule is COC(=O)c1ccc(N(C)CC(C)O)c(N)c1. The number of carbonyl (C=O) groups is 1. The summed E-state index contributed by atoms with van der Waals surface area (Å²) in [4.78, 5) is 13.1. The molecule has 0 saturated heterocycles. The molecule has 0 amide bonds. The minimum absolute atomic E-state index is 0.415. The van der Waals surface area contributed by atoms with Crippen LogP contribution in [0, 0.1) is 0 Å². The molecule has 0 bridgehead atoms. The zero-order chi connectivity index (χ0) is 13.0. The van der Waals surface area contributed by atoms with Crippen LogP contribution in [0.15, 0.2) is 18.2 Å². The van der Waals surface area contributed by atoms with E-state index in [0.717, 1.165) is 5.69 Å². The van der Waals surface area contributed by atoms with Gasteiger partial charge in [0.15, 0.2) is 0 Å². The molecule has 0 aliphatic carbocycles. The number of nitrogen functional groups attached to an aromatic ring is 1. The van der Waals surface area contributed by atoms with E-state index in [2.05, 4.69) is 4.74 Å². The Hall–Kier alpha value is -1.75. The van der Waals surface area contributed by atoms with E-state index in [1.165, 1.54) is 7.11 Å². The number of hydrogen-bond acceptors (Lipinski definition) is 5. The highest BCUT2D eigenvalue weighted by molar-refractivity contribution is 5.91. The highest BCUT2D eigenvalue weighted by Gasteiger charge is 2.11. The Morgan fingerprint density at radius 3 is 2.71 bits per heavy atom. The van der Waals surface area contributed by atoms with Gasteiger partial charge < -0.3 is 20.5 Å². The molecule has 94 valence electrons. The van der Waals surface area contributed by atoms with Crippen LogP contribution in [-0.4, -0.2) is 37.9 Å². The van der Waals surface area contributed by atoms with Gasteiger partial charge in [-0.25, -0.2) is 4.79 Å². The first-order valence-corrected chi connectivity index (χ1v) is 5.32. The second-order valence-corrected chi connectivity index (χ2v) is 3.99. The van der Waals surface area contributed by atoms with Crippen molar-refractivity contribution in [3.8, 4) is 0 Å². The van der Waals surface area contributed by atoms with Gasteiger partial charge in [0.25, 0.3) is 0 Å². The predicted octanol–water partition coefficient (Wildman–Crippen LogP) is 0.872. The molecule has 0 fully saturated rings. The van der Waals surface area contributed by atoms with Crippen LogP contribution in [0.3, 0.4) is 0 Å². The fourth-order valence-electron chi connectivity index (χ4n) is 1.64. The average Bonchev–Trinajstić information content (AvgIpc) is 2.26. The normalized spacial score (nSPS) is 12.0. The van der Waals surface area contributed by atoms with E-state index in [4.69, 9.17) is 5.73 Å². The average molecular weight is 238 g/mol. The monoisotopic (exact) mass is 238 g/mol. The summed E-state index contributed by atoms with van der Waals surface area (Å²) >= 11 is 0. The molecule has 5 nitrogen and oxygen atoms in total. The van der Waals surface area contributed by atoms with Crippen LogP contribution in [0.4, 0.5) is 11.4 Å². The van der Waals surface area contributed by atoms with Crippen LogP contribution in [0.1, 0.15) is 17.3 Å². The zero-order valence-electron chi connectivity index (χ0n) is 10.3. The van der Waals surface area contributed by atoms with E-state index in [1.807, 2.05) is 11.9 Å². The molecule has 0 spiro atoms. The molecular weight excluding hydrogens is 220 g/mol. The van der Waals surface area contributed by atoms with Crippen molar-refractivity contribution in [2.75, 3.05) is 31.3 Å². The topological polar surface area (TPSA) is 75.8 Å². The number of nitrogens with two attached hydrogens (primary N) is 1. The van der Waals surface area contributed by atoms with Gasteiger partial charge in [-0.1, -0.05) is 0 Å². The third-order valence-electron chi connectivity index (χ3n) is 2.40. The van der Waals surface area contributed by atoms with Crippen molar-refractivity contribution in [2.24, 2.45) is 0 Å². The Labute approximate surface area is 101 Å². The Morgan fingerprint density at radius 2 is 2.24 bits per heavy atom. The second-order valence-electron chi connectivity index (χ2n) is 3.99. The van der Waals surface area contributed by atoms with Gasteiger partial charge >= 0.3 is 5.97 Å². The molecule has 5 heteroatoms. The number of nitrogens with zero attached hydrogens (tertiary/aromatic N) is 1. The lowest BCUT2D eigenvalue weighted by Gasteiger charge is -2.22. The largest absolute Gasteiger partial charge is 0.465 e. The molecule has 0 aromatic heterocycles. The van der Waals surface area contributed by atoms with Crippen molar-refractivity contribution in [3.05, 3.63) is 23.8 Å². The molecule has 1 atom stereocenters. The molecule has 0 radical (unpaired) electrons. The summed E-state index contributed by atoms with van der Waals surface area (Å²) in [5, 5.41) is 9.30. The third kappa shape index (κ3) is 3.35. The number of carbonyl (C=O) groups excluding carboxylic acids is 1. The van der Waals surface area contributed by atoms with Gasteiger partial charge in [-0.2, -0.15) is 0 Å². The minimum atomic E-state index is -0.445. The molecule has 0 aliphatic heterocycles. The molecule has 0 heterocycles. The summed E-state index contributed by atoms with van der Waals surface area (Å²) in [6, 6.07) is 4.96. The van der Waals surface area contributed by atoms with Crippen LogP contribution in [0.2, 0.25) is 0 Å². The Balaban J connectivity index is 2.93. The number of aliphatic hydroxyl groups excluding tert-OH is 1. The van der Waals surface area contributed by atoms with Crippen molar-refractivity contribution in [3.63, 3.8) is 0 Å². The smallest absolute Gasteiger partial charge is 0.337 e. The van der Waals surface area contributed by atoms with E-state index in [1.54, 1.807) is 25.1 Å². The maximum absolute atomic E-state index is 11.3. The first-order chi connectivity index (χ1) is 7.95. The lowest BCUT2D eigenvalue weighted by Crippen LogP contribution is -2.27. The first-order valence-electron chi connectivity index (χ1n) is 5.32. The Morgan fingerprint density at radius 1 is 1.59 bits per heavy atom. The van der Waals surface area contributed by atoms with E-state index in [0.29, 0.717) is 17.8 Å². The molecule has 17 heavy (non-hydrogen) atoms. The Bertz CT molecular complexity index is 405. The summed E-state index contributed by atoms with van der Waals surface area (Å²) in [6.07, 6.45) is -0.445. The van der Waals surface area contributed by atoms with E-state index >= 15 is 0 Å². The van der Waals surface area contributed by atoms with Gasteiger partial charge in [0, 0.05) is 13.6 Å². The maximum Gasteiger partial charge on any atom is 0.337 e. The second kappa shape index (κ2) is 5.54. The predicted molar refractivity (Wildman–Crippen MR) is 67.1 cm³/mol. The maximum atomic E-state index is 11.3. The number of anilines is 2. The number of likely N-dealkylation sites (N-methyl/N-ethyl adjacent to an activating group) is 1. The molecule has 1 aromatic carbocycles. The van der Waals surface area contributed by atoms with Gasteiger partial charge in [-0.05, 0) is 25.1 Å². The fourth-order valence-corrected chi connectivity index (χ4v) is 1.64. The Kier molecular flexibility index (Phi) is 4.34. The van der Waals surface area contributed by atoms with Crippen molar-refractivity contribution >= 4 is 17.3 Å². The van der Waals surface area contributed by atoms with Crippen LogP contribution >= 0.6 is 0 Å². The van der Waals surface area contributed by atoms with E-state index in [9.17, 15) is 9.90 Å². The number of ether oxygens (including phenoxy) is 1. The van der Waals surface area contributed by atoms with Crippen LogP contribution < -0.4 is 10.6 Å². The van der Waals surface area contributed by atoms with Crippen molar-refractivity contribution in [1.29, 1.82) is 0 Å². The first kappa shape index (κ1) is 13.3. The van der Waals surface area contributed by atoms with Crippen LogP contribution in [-0.2, 0) is 4.74 Å². The number of rotatable bonds is 4. The van der Waals surface area contributed by atoms with Gasteiger partial charge in [0.1, 0.15) is 0 Å². The highest BCUT2D eigenvalue weighted by atomic mass is 16.5. The summed E-state index contributed by atoms with van der Waals surface area (Å²) in [6.45, 7) is 2.18. The van der Waals surface area contributed by atoms with Gasteiger partial charge in [0.05, 0.1) is 30.2 Å². The summed E-state index contributed by atoms with van der Waals surface area (Å²) in [5.41, 5.74) is 7.53. The lowest BCUT2D eigenvalue weighted by molar-refractivity contribution is 0.0601.